The maximum absolute atomic E-state index is 13.5. The number of pyridine rings is 1. The average Bonchev–Trinajstić information content (AvgIpc) is 2.87. The van der Waals surface area contributed by atoms with Crippen LogP contribution in [0.4, 0.5) is 0 Å². The van der Waals surface area contributed by atoms with Crippen molar-refractivity contribution >= 4 is 17.5 Å². The monoisotopic (exact) mass is 477 g/mol. The van der Waals surface area contributed by atoms with Crippen molar-refractivity contribution in [2.24, 2.45) is 0 Å². The van der Waals surface area contributed by atoms with Gasteiger partial charge in [-0.25, -0.2) is 0 Å². The van der Waals surface area contributed by atoms with E-state index in [0.717, 1.165) is 11.1 Å². The van der Waals surface area contributed by atoms with Crippen LogP contribution in [0.2, 0.25) is 5.02 Å². The van der Waals surface area contributed by atoms with Crippen molar-refractivity contribution in [2.75, 3.05) is 18.3 Å². The summed E-state index contributed by atoms with van der Waals surface area (Å²) >= 11 is 6.32. The van der Waals surface area contributed by atoms with E-state index in [1.54, 1.807) is 21.7 Å². The number of hydrogen-bond acceptors (Lipinski definition) is 5. The van der Waals surface area contributed by atoms with Crippen LogP contribution in [0.25, 0.3) is 0 Å². The third-order valence-corrected chi connectivity index (χ3v) is 6.52. The van der Waals surface area contributed by atoms with Gasteiger partial charge in [-0.15, -0.1) is 0 Å². The molecule has 0 unspecified atom stereocenters. The maximum atomic E-state index is 13.5. The molecule has 0 saturated carbocycles. The van der Waals surface area contributed by atoms with Crippen LogP contribution >= 0.6 is 11.6 Å². The Kier molecular flexibility index (Phi) is 5.79. The van der Waals surface area contributed by atoms with Crippen LogP contribution < -0.4 is 15.2 Å². The number of fused-ring (bicyclic) bond motifs is 5. The number of nitrogens with zero attached hydrogens (tertiary/aromatic N) is 3. The van der Waals surface area contributed by atoms with Crippen molar-refractivity contribution in [1.82, 2.24) is 9.58 Å². The number of ether oxygens (including phenoxy) is 1. The lowest BCUT2D eigenvalue weighted by atomic mass is 9.97. The largest absolute Gasteiger partial charge is 0.502 e. The molecule has 34 heavy (non-hydrogen) atoms. The van der Waals surface area contributed by atoms with Gasteiger partial charge in [0.05, 0.1) is 6.04 Å². The highest BCUT2D eigenvalue weighted by molar-refractivity contribution is 6.30. The van der Waals surface area contributed by atoms with E-state index in [-0.39, 0.29) is 18.4 Å². The topological polar surface area (TPSA) is 75.0 Å². The average molecular weight is 478 g/mol. The van der Waals surface area contributed by atoms with Gasteiger partial charge in [-0.2, -0.15) is 0 Å². The first-order valence-electron chi connectivity index (χ1n) is 11.2. The summed E-state index contributed by atoms with van der Waals surface area (Å²) in [5, 5.41) is 13.2. The summed E-state index contributed by atoms with van der Waals surface area (Å²) in [5.74, 6) is -0.335. The Balaban J connectivity index is 1.82. The van der Waals surface area contributed by atoms with Gasteiger partial charge in [0, 0.05) is 22.8 Å². The van der Waals surface area contributed by atoms with Crippen LogP contribution in [0.1, 0.15) is 41.0 Å². The van der Waals surface area contributed by atoms with Crippen LogP contribution in [0.5, 0.6) is 11.5 Å². The van der Waals surface area contributed by atoms with Gasteiger partial charge in [0.15, 0.2) is 11.4 Å². The number of halogens is 1. The molecule has 2 atom stereocenters. The van der Waals surface area contributed by atoms with Gasteiger partial charge in [-0.1, -0.05) is 61.0 Å². The molecule has 3 heterocycles. The molecular formula is C26H24ClN3O4. The van der Waals surface area contributed by atoms with Crippen molar-refractivity contribution < 1.29 is 14.6 Å². The SMILES string of the molecule is CC[C@@H]1/C=C\COc2cc(Cl)ccc2[C@H](c2ccccc2)N2CN1C(=O)c1c(O)c(=O)ccn12. The summed E-state index contributed by atoms with van der Waals surface area (Å²) in [6.45, 7) is 2.53. The molecule has 0 saturated heterocycles. The molecular weight excluding hydrogens is 454 g/mol. The summed E-state index contributed by atoms with van der Waals surface area (Å²) in [6.07, 6.45) is 6.00. The van der Waals surface area contributed by atoms with Gasteiger partial charge in [-0.05, 0) is 30.2 Å². The molecule has 7 nitrogen and oxygen atoms in total. The molecule has 0 radical (unpaired) electrons. The van der Waals surface area contributed by atoms with Crippen molar-refractivity contribution in [1.29, 1.82) is 0 Å². The van der Waals surface area contributed by atoms with Crippen molar-refractivity contribution in [2.45, 2.75) is 25.4 Å². The molecule has 1 aromatic heterocycles. The molecule has 1 N–H and O–H groups in total. The predicted octanol–water partition coefficient (Wildman–Crippen LogP) is 4.08. The fourth-order valence-electron chi connectivity index (χ4n) is 4.63. The molecule has 2 bridgehead atoms. The fraction of sp³-hybridized carbons (Fsp3) is 0.231. The zero-order valence-electron chi connectivity index (χ0n) is 18.6. The zero-order chi connectivity index (χ0) is 23.8. The van der Waals surface area contributed by atoms with Gasteiger partial charge in [0.1, 0.15) is 25.1 Å². The summed E-state index contributed by atoms with van der Waals surface area (Å²) in [4.78, 5) is 27.6. The Hall–Kier alpha value is -3.71. The lowest BCUT2D eigenvalue weighted by Gasteiger charge is -2.45. The first kappa shape index (κ1) is 22.1. The number of hydrogen-bond donors (Lipinski definition) is 1. The Bertz CT molecular complexity index is 1320. The zero-order valence-corrected chi connectivity index (χ0v) is 19.4. The molecule has 2 aliphatic heterocycles. The van der Waals surface area contributed by atoms with Crippen LogP contribution in [0.3, 0.4) is 0 Å². The third kappa shape index (κ3) is 3.72. The van der Waals surface area contributed by atoms with E-state index in [4.69, 9.17) is 16.3 Å². The molecule has 174 valence electrons. The molecule has 5 rings (SSSR count). The minimum atomic E-state index is -0.596. The summed E-state index contributed by atoms with van der Waals surface area (Å²) < 4.78 is 7.72. The quantitative estimate of drug-likeness (QED) is 0.563. The second-order valence-electron chi connectivity index (χ2n) is 8.29. The number of aromatic nitrogens is 1. The first-order chi connectivity index (χ1) is 16.5. The van der Waals surface area contributed by atoms with Crippen LogP contribution in [-0.4, -0.2) is 39.9 Å². The Morgan fingerprint density at radius 1 is 1.12 bits per heavy atom. The number of carbonyl (C=O) groups excluding carboxylic acids is 1. The molecule has 8 heteroatoms. The second-order valence-corrected chi connectivity index (χ2v) is 8.72. The molecule has 1 amide bonds. The van der Waals surface area contributed by atoms with Crippen molar-refractivity contribution in [3.8, 4) is 11.5 Å². The standard InChI is InChI=1S/C26H24ClN3O4/c1-2-19-9-6-14-34-22-15-18(27)10-11-20(22)23(17-7-4-3-5-8-17)30-16-28(19)26(33)24-25(32)21(31)12-13-29(24)30/h3-13,15,19,23,32H,2,14,16H2,1H3/b9-6-/t19-,23+/m1/s1. The minimum absolute atomic E-state index is 0.0535. The van der Waals surface area contributed by atoms with E-state index in [2.05, 4.69) is 0 Å². The lowest BCUT2D eigenvalue weighted by Crippen LogP contribution is -2.57. The van der Waals surface area contributed by atoms with E-state index >= 15 is 0 Å². The summed E-state index contributed by atoms with van der Waals surface area (Å²) in [5.41, 5.74) is 1.15. The Morgan fingerprint density at radius 2 is 1.91 bits per heavy atom. The first-order valence-corrected chi connectivity index (χ1v) is 11.5. The van der Waals surface area contributed by atoms with Gasteiger partial charge in [-0.3, -0.25) is 19.3 Å². The number of rotatable bonds is 2. The summed E-state index contributed by atoms with van der Waals surface area (Å²) in [6, 6.07) is 16.0. The van der Waals surface area contributed by atoms with Gasteiger partial charge in [0.25, 0.3) is 5.91 Å². The third-order valence-electron chi connectivity index (χ3n) is 6.29. The van der Waals surface area contributed by atoms with E-state index in [1.165, 1.54) is 12.3 Å². The Labute approximate surface area is 202 Å². The molecule has 0 spiro atoms. The van der Waals surface area contributed by atoms with Crippen LogP contribution in [0, 0.1) is 0 Å². The van der Waals surface area contributed by atoms with Crippen molar-refractivity contribution in [3.63, 3.8) is 0 Å². The van der Waals surface area contributed by atoms with E-state index in [1.807, 2.05) is 60.5 Å². The number of amides is 1. The van der Waals surface area contributed by atoms with E-state index < -0.39 is 23.1 Å². The molecule has 3 aromatic rings. The molecule has 0 fully saturated rings. The Morgan fingerprint density at radius 3 is 2.68 bits per heavy atom. The van der Waals surface area contributed by atoms with Crippen LogP contribution in [0.15, 0.2) is 77.7 Å². The lowest BCUT2D eigenvalue weighted by molar-refractivity contribution is 0.0626. The maximum Gasteiger partial charge on any atom is 0.278 e. The second kappa shape index (κ2) is 8.91. The molecule has 0 aliphatic carbocycles. The minimum Gasteiger partial charge on any atom is -0.502 e. The molecule has 2 aromatic carbocycles. The van der Waals surface area contributed by atoms with Crippen LogP contribution in [-0.2, 0) is 0 Å². The van der Waals surface area contributed by atoms with Crippen molar-refractivity contribution in [3.05, 3.63) is 105 Å². The highest BCUT2D eigenvalue weighted by Gasteiger charge is 2.39. The number of carbonyl (C=O) groups is 1. The highest BCUT2D eigenvalue weighted by Crippen LogP contribution is 2.38. The summed E-state index contributed by atoms with van der Waals surface area (Å²) in [7, 11) is 0. The van der Waals surface area contributed by atoms with Gasteiger partial charge >= 0.3 is 0 Å². The van der Waals surface area contributed by atoms with E-state index in [0.29, 0.717) is 23.8 Å². The van der Waals surface area contributed by atoms with E-state index in [9.17, 15) is 14.7 Å². The van der Waals surface area contributed by atoms with Gasteiger partial charge in [0.2, 0.25) is 5.43 Å². The molecule has 2 aliphatic rings. The normalized spacial score (nSPS) is 20.6. The van der Waals surface area contributed by atoms with Gasteiger partial charge < -0.3 is 14.7 Å². The predicted molar refractivity (Wildman–Crippen MR) is 130 cm³/mol. The highest BCUT2D eigenvalue weighted by atomic mass is 35.5. The number of aromatic hydroxyl groups is 1. The number of benzene rings is 2. The fourth-order valence-corrected chi connectivity index (χ4v) is 4.80. The smallest absolute Gasteiger partial charge is 0.278 e.